The first-order chi connectivity index (χ1) is 4.91. The third kappa shape index (κ3) is 8.43. The highest BCUT2D eigenvalue weighted by atomic mass is 31.0. The fourth-order valence-electron chi connectivity index (χ4n) is 1.04. The van der Waals surface area contributed by atoms with Crippen LogP contribution in [0.25, 0.3) is 0 Å². The molecule has 0 aromatic heterocycles. The Bertz CT molecular complexity index is 44.7. The minimum Gasteiger partial charge on any atom is -0.134 e. The molecule has 0 amide bonds. The molecule has 1 heteroatoms. The van der Waals surface area contributed by atoms with Gasteiger partial charge in [-0.15, -0.1) is 9.24 Å². The van der Waals surface area contributed by atoms with Crippen LogP contribution in [-0.4, -0.2) is 0 Å². The zero-order valence-electron chi connectivity index (χ0n) is 7.10. The van der Waals surface area contributed by atoms with Crippen molar-refractivity contribution >= 4 is 9.24 Å². The Morgan fingerprint density at radius 3 is 2.20 bits per heavy atom. The highest BCUT2D eigenvalue weighted by Gasteiger charge is 1.87. The van der Waals surface area contributed by atoms with Gasteiger partial charge < -0.3 is 0 Å². The summed E-state index contributed by atoms with van der Waals surface area (Å²) in [6, 6.07) is 0. The monoisotopic (exact) mass is 159 g/mol. The average molecular weight is 159 g/mol. The van der Waals surface area contributed by atoms with Gasteiger partial charge in [-0.05, 0) is 12.6 Å². The van der Waals surface area contributed by atoms with Crippen molar-refractivity contribution in [2.45, 2.75) is 51.9 Å². The van der Waals surface area contributed by atoms with Crippen molar-refractivity contribution in [1.29, 1.82) is 0 Å². The van der Waals surface area contributed by atoms with E-state index in [2.05, 4.69) is 22.3 Å². The summed E-state index contributed by atoms with van der Waals surface area (Å²) in [5.74, 6) is 0. The number of hydrogen-bond donors (Lipinski definition) is 0. The molecule has 0 aliphatic carbocycles. The largest absolute Gasteiger partial charge is 0.134 e. The van der Waals surface area contributed by atoms with E-state index in [1.165, 1.54) is 44.9 Å². The zero-order chi connectivity index (χ0) is 7.66. The summed E-state index contributed by atoms with van der Waals surface area (Å²) in [6.07, 6.45) is 11.9. The van der Waals surface area contributed by atoms with Gasteiger partial charge in [-0.3, -0.25) is 0 Å². The normalized spacial score (nSPS) is 10.2. The quantitative estimate of drug-likeness (QED) is 0.392. The fourth-order valence-corrected chi connectivity index (χ4v) is 1.28. The number of rotatable bonds is 7. The maximum absolute atomic E-state index is 2.66. The molecule has 0 heterocycles. The number of hydrogen-bond acceptors (Lipinski definition) is 0. The van der Waals surface area contributed by atoms with Crippen molar-refractivity contribution in [2.24, 2.45) is 0 Å². The zero-order valence-corrected chi connectivity index (χ0v) is 8.26. The lowest BCUT2D eigenvalue weighted by Crippen LogP contribution is -1.77. The molecule has 0 aliphatic heterocycles. The SMILES string of the molecule is CCCCCCCC[CH]P. The summed E-state index contributed by atoms with van der Waals surface area (Å²) < 4.78 is 0. The van der Waals surface area contributed by atoms with Gasteiger partial charge in [-0.1, -0.05) is 45.4 Å². The molecular weight excluding hydrogens is 139 g/mol. The van der Waals surface area contributed by atoms with Crippen LogP contribution in [0.2, 0.25) is 0 Å². The summed E-state index contributed by atoms with van der Waals surface area (Å²) in [5.41, 5.74) is 0. The second kappa shape index (κ2) is 9.43. The summed E-state index contributed by atoms with van der Waals surface area (Å²) in [7, 11) is 2.66. The molecule has 0 nitrogen and oxygen atoms in total. The molecule has 0 rings (SSSR count). The minimum atomic E-state index is 1.27. The lowest BCUT2D eigenvalue weighted by molar-refractivity contribution is 0.609. The number of unbranched alkanes of at least 4 members (excludes halogenated alkanes) is 6. The van der Waals surface area contributed by atoms with Gasteiger partial charge in [0.25, 0.3) is 0 Å². The van der Waals surface area contributed by atoms with E-state index in [-0.39, 0.29) is 0 Å². The van der Waals surface area contributed by atoms with E-state index in [4.69, 9.17) is 0 Å². The molecule has 1 atom stereocenters. The van der Waals surface area contributed by atoms with E-state index in [0.717, 1.165) is 0 Å². The Hall–Kier alpha value is 0.430. The highest BCUT2D eigenvalue weighted by molar-refractivity contribution is 7.19. The van der Waals surface area contributed by atoms with Crippen LogP contribution in [0.5, 0.6) is 0 Å². The first kappa shape index (κ1) is 10.4. The molecule has 0 fully saturated rings. The lowest BCUT2D eigenvalue weighted by Gasteiger charge is -1.97. The van der Waals surface area contributed by atoms with Crippen LogP contribution in [0, 0.1) is 6.16 Å². The van der Waals surface area contributed by atoms with Crippen LogP contribution in [-0.2, 0) is 0 Å². The van der Waals surface area contributed by atoms with Crippen molar-refractivity contribution < 1.29 is 0 Å². The standard InChI is InChI=1S/C9H20P/c1-2-3-4-5-6-7-8-9-10/h9H,2-8,10H2,1H3. The van der Waals surface area contributed by atoms with Crippen molar-refractivity contribution in [2.75, 3.05) is 0 Å². The van der Waals surface area contributed by atoms with Crippen LogP contribution >= 0.6 is 9.24 Å². The second-order valence-electron chi connectivity index (χ2n) is 2.79. The van der Waals surface area contributed by atoms with Crippen LogP contribution in [0.15, 0.2) is 0 Å². The first-order valence-electron chi connectivity index (χ1n) is 4.45. The Labute approximate surface area is 68.0 Å². The van der Waals surface area contributed by atoms with Gasteiger partial charge in [0, 0.05) is 0 Å². The van der Waals surface area contributed by atoms with E-state index in [9.17, 15) is 0 Å². The van der Waals surface area contributed by atoms with Crippen molar-refractivity contribution in [3.05, 3.63) is 6.16 Å². The van der Waals surface area contributed by atoms with Crippen LogP contribution < -0.4 is 0 Å². The fraction of sp³-hybridized carbons (Fsp3) is 0.889. The Kier molecular flexibility index (Phi) is 9.84. The summed E-state index contributed by atoms with van der Waals surface area (Å²) in [4.78, 5) is 0. The van der Waals surface area contributed by atoms with Gasteiger partial charge in [0.15, 0.2) is 0 Å². The van der Waals surface area contributed by atoms with E-state index in [0.29, 0.717) is 0 Å². The smallest absolute Gasteiger partial charge is 0.0201 e. The molecular formula is C9H20P. The van der Waals surface area contributed by atoms with Gasteiger partial charge in [0.05, 0.1) is 0 Å². The summed E-state index contributed by atoms with van der Waals surface area (Å²) >= 11 is 0. The third-order valence-electron chi connectivity index (χ3n) is 1.72. The maximum Gasteiger partial charge on any atom is -0.0201 e. The van der Waals surface area contributed by atoms with Crippen molar-refractivity contribution in [1.82, 2.24) is 0 Å². The van der Waals surface area contributed by atoms with Crippen LogP contribution in [0.3, 0.4) is 0 Å². The van der Waals surface area contributed by atoms with Gasteiger partial charge in [-0.25, -0.2) is 0 Å². The lowest BCUT2D eigenvalue weighted by atomic mass is 10.1. The third-order valence-corrected chi connectivity index (χ3v) is 2.06. The average Bonchev–Trinajstić information content (AvgIpc) is 1.97. The Morgan fingerprint density at radius 2 is 1.60 bits per heavy atom. The van der Waals surface area contributed by atoms with Crippen molar-refractivity contribution in [3.8, 4) is 0 Å². The molecule has 0 N–H and O–H groups in total. The topological polar surface area (TPSA) is 0 Å². The minimum absolute atomic E-state index is 1.27. The van der Waals surface area contributed by atoms with Gasteiger partial charge in [0.2, 0.25) is 0 Å². The van der Waals surface area contributed by atoms with Gasteiger partial charge in [0.1, 0.15) is 0 Å². The molecule has 1 radical (unpaired) electrons. The predicted molar refractivity (Wildman–Crippen MR) is 52.0 cm³/mol. The van der Waals surface area contributed by atoms with Crippen LogP contribution in [0.4, 0.5) is 0 Å². The molecule has 0 aliphatic rings. The van der Waals surface area contributed by atoms with E-state index in [1.54, 1.807) is 0 Å². The Balaban J connectivity index is 2.65. The van der Waals surface area contributed by atoms with E-state index >= 15 is 0 Å². The molecule has 0 aromatic carbocycles. The molecule has 10 heavy (non-hydrogen) atoms. The first-order valence-corrected chi connectivity index (χ1v) is 5.12. The molecule has 0 spiro atoms. The molecule has 1 unspecified atom stereocenters. The second-order valence-corrected chi connectivity index (χ2v) is 3.26. The molecule has 0 bridgehead atoms. The van der Waals surface area contributed by atoms with Crippen LogP contribution in [0.1, 0.15) is 51.9 Å². The molecule has 0 saturated heterocycles. The Morgan fingerprint density at radius 1 is 1.00 bits per heavy atom. The summed E-state index contributed by atoms with van der Waals surface area (Å²) in [5, 5.41) is 0. The van der Waals surface area contributed by atoms with E-state index < -0.39 is 0 Å². The summed E-state index contributed by atoms with van der Waals surface area (Å²) in [6.45, 7) is 2.26. The van der Waals surface area contributed by atoms with Gasteiger partial charge in [-0.2, -0.15) is 0 Å². The van der Waals surface area contributed by atoms with Gasteiger partial charge >= 0.3 is 0 Å². The highest BCUT2D eigenvalue weighted by Crippen LogP contribution is 2.09. The molecule has 61 valence electrons. The van der Waals surface area contributed by atoms with Crippen molar-refractivity contribution in [3.63, 3.8) is 0 Å². The predicted octanol–water partition coefficient (Wildman–Crippen LogP) is 3.77. The maximum atomic E-state index is 2.66. The molecule has 0 saturated carbocycles. The van der Waals surface area contributed by atoms with E-state index in [1.807, 2.05) is 0 Å². The molecule has 0 aromatic rings.